The van der Waals surface area contributed by atoms with Crippen LogP contribution >= 0.6 is 11.8 Å². The summed E-state index contributed by atoms with van der Waals surface area (Å²) in [5, 5.41) is 0.391. The van der Waals surface area contributed by atoms with Crippen molar-refractivity contribution in [1.82, 2.24) is 4.72 Å². The molecule has 1 fully saturated rings. The lowest BCUT2D eigenvalue weighted by Crippen LogP contribution is -2.30. The molecule has 1 unspecified atom stereocenters. The van der Waals surface area contributed by atoms with Crippen LogP contribution in [-0.2, 0) is 10.0 Å². The van der Waals surface area contributed by atoms with Crippen LogP contribution in [0.5, 0.6) is 0 Å². The van der Waals surface area contributed by atoms with Crippen LogP contribution in [0, 0.1) is 13.8 Å². The van der Waals surface area contributed by atoms with Gasteiger partial charge < -0.3 is 5.73 Å². The van der Waals surface area contributed by atoms with E-state index < -0.39 is 10.0 Å². The highest BCUT2D eigenvalue weighted by molar-refractivity contribution is 8.00. The lowest BCUT2D eigenvalue weighted by Gasteiger charge is -2.13. The summed E-state index contributed by atoms with van der Waals surface area (Å²) in [6, 6.07) is 3.36. The van der Waals surface area contributed by atoms with Crippen LogP contribution in [0.1, 0.15) is 24.0 Å². The summed E-state index contributed by atoms with van der Waals surface area (Å²) in [6.07, 6.45) is 2.25. The molecule has 0 amide bonds. The molecule has 1 aromatic carbocycles. The van der Waals surface area contributed by atoms with Crippen LogP contribution in [0.3, 0.4) is 0 Å². The highest BCUT2D eigenvalue weighted by Gasteiger charge is 2.22. The van der Waals surface area contributed by atoms with Crippen molar-refractivity contribution in [1.29, 1.82) is 0 Å². The Bertz CT molecular complexity index is 564. The number of aryl methyl sites for hydroxylation is 2. The first-order valence-corrected chi connectivity index (χ1v) is 8.91. The summed E-state index contributed by atoms with van der Waals surface area (Å²) in [5.41, 5.74) is 8.09. The van der Waals surface area contributed by atoms with E-state index in [2.05, 4.69) is 4.72 Å². The average Bonchev–Trinajstić information content (AvgIpc) is 2.84. The molecule has 1 aliphatic heterocycles. The van der Waals surface area contributed by atoms with Gasteiger partial charge in [0, 0.05) is 11.8 Å². The Morgan fingerprint density at radius 2 is 2.05 bits per heavy atom. The predicted octanol–water partition coefficient (Wildman–Crippen LogP) is 2.06. The van der Waals surface area contributed by atoms with Gasteiger partial charge in [0.2, 0.25) is 10.0 Å². The van der Waals surface area contributed by atoms with E-state index in [9.17, 15) is 8.42 Å². The average molecular weight is 300 g/mol. The van der Waals surface area contributed by atoms with E-state index in [0.29, 0.717) is 17.5 Å². The number of benzene rings is 1. The van der Waals surface area contributed by atoms with Gasteiger partial charge >= 0.3 is 0 Å². The zero-order valence-electron chi connectivity index (χ0n) is 11.3. The molecule has 0 saturated carbocycles. The second-order valence-electron chi connectivity index (χ2n) is 4.96. The van der Waals surface area contributed by atoms with Gasteiger partial charge in [-0.15, -0.1) is 0 Å². The number of rotatable bonds is 4. The first-order chi connectivity index (χ1) is 8.90. The molecule has 19 heavy (non-hydrogen) atoms. The topological polar surface area (TPSA) is 72.2 Å². The molecule has 1 aliphatic rings. The normalized spacial score (nSPS) is 19.8. The molecule has 1 atom stereocenters. The van der Waals surface area contributed by atoms with Crippen molar-refractivity contribution < 1.29 is 8.42 Å². The third-order valence-electron chi connectivity index (χ3n) is 3.44. The summed E-state index contributed by atoms with van der Waals surface area (Å²) >= 11 is 1.83. The maximum atomic E-state index is 12.3. The van der Waals surface area contributed by atoms with Crippen molar-refractivity contribution in [2.75, 3.05) is 18.0 Å². The number of nitrogens with two attached hydrogens (primary N) is 1. The monoisotopic (exact) mass is 300 g/mol. The fourth-order valence-electron chi connectivity index (χ4n) is 2.13. The first kappa shape index (κ1) is 14.7. The SMILES string of the molecule is Cc1cc(N)c(S(=O)(=O)NCC2CCCS2)cc1C. The molecule has 1 heterocycles. The molecule has 2 rings (SSSR count). The van der Waals surface area contributed by atoms with Crippen LogP contribution in [0.4, 0.5) is 5.69 Å². The molecule has 0 aromatic heterocycles. The minimum atomic E-state index is -3.51. The minimum Gasteiger partial charge on any atom is -0.398 e. The number of hydrogen-bond donors (Lipinski definition) is 2. The van der Waals surface area contributed by atoms with Gasteiger partial charge in [-0.25, -0.2) is 13.1 Å². The van der Waals surface area contributed by atoms with Crippen molar-refractivity contribution in [3.05, 3.63) is 23.3 Å². The first-order valence-electron chi connectivity index (χ1n) is 6.38. The summed E-state index contributed by atoms with van der Waals surface area (Å²) in [5.74, 6) is 1.12. The molecular formula is C13H20N2O2S2. The Labute approximate surface area is 119 Å². The summed E-state index contributed by atoms with van der Waals surface area (Å²) in [4.78, 5) is 0.193. The summed E-state index contributed by atoms with van der Waals surface area (Å²) < 4.78 is 27.2. The number of sulfonamides is 1. The maximum absolute atomic E-state index is 12.3. The molecule has 0 aliphatic carbocycles. The van der Waals surface area contributed by atoms with Crippen LogP contribution in [0.25, 0.3) is 0 Å². The Morgan fingerprint density at radius 1 is 1.37 bits per heavy atom. The molecular weight excluding hydrogens is 280 g/mol. The van der Waals surface area contributed by atoms with Gasteiger partial charge in [0.15, 0.2) is 0 Å². The second kappa shape index (κ2) is 5.73. The Balaban J connectivity index is 2.16. The molecule has 3 N–H and O–H groups in total. The van der Waals surface area contributed by atoms with E-state index in [0.717, 1.165) is 23.3 Å². The number of hydrogen-bond acceptors (Lipinski definition) is 4. The van der Waals surface area contributed by atoms with E-state index in [-0.39, 0.29) is 4.90 Å². The highest BCUT2D eigenvalue weighted by atomic mass is 32.2. The van der Waals surface area contributed by atoms with E-state index in [1.54, 1.807) is 12.1 Å². The minimum absolute atomic E-state index is 0.193. The van der Waals surface area contributed by atoms with Crippen molar-refractivity contribution in [3.63, 3.8) is 0 Å². The molecule has 1 saturated heterocycles. The lowest BCUT2D eigenvalue weighted by molar-refractivity contribution is 0.579. The fourth-order valence-corrected chi connectivity index (χ4v) is 4.71. The Hall–Kier alpha value is -0.720. The predicted molar refractivity (Wildman–Crippen MR) is 81.0 cm³/mol. The third-order valence-corrected chi connectivity index (χ3v) is 6.32. The van der Waals surface area contributed by atoms with E-state index >= 15 is 0 Å². The summed E-state index contributed by atoms with van der Waals surface area (Å²) in [6.45, 7) is 4.30. The van der Waals surface area contributed by atoms with Gasteiger partial charge in [-0.05, 0) is 55.7 Å². The van der Waals surface area contributed by atoms with Gasteiger partial charge in [0.25, 0.3) is 0 Å². The Morgan fingerprint density at radius 3 is 2.68 bits per heavy atom. The van der Waals surface area contributed by atoms with Crippen molar-refractivity contribution in [3.8, 4) is 0 Å². The lowest BCUT2D eigenvalue weighted by atomic mass is 10.1. The molecule has 1 aromatic rings. The molecule has 0 spiro atoms. The number of nitrogen functional groups attached to an aromatic ring is 1. The Kier molecular flexibility index (Phi) is 4.43. The zero-order chi connectivity index (χ0) is 14.0. The highest BCUT2D eigenvalue weighted by Crippen LogP contribution is 2.27. The molecule has 4 nitrogen and oxygen atoms in total. The maximum Gasteiger partial charge on any atom is 0.242 e. The molecule has 0 bridgehead atoms. The fraction of sp³-hybridized carbons (Fsp3) is 0.538. The van der Waals surface area contributed by atoms with Crippen LogP contribution < -0.4 is 10.5 Å². The molecule has 106 valence electrons. The van der Waals surface area contributed by atoms with E-state index in [1.165, 1.54) is 6.42 Å². The number of nitrogens with one attached hydrogen (secondary N) is 1. The standard InChI is InChI=1S/C13H20N2O2S2/c1-9-6-12(14)13(7-10(9)2)19(16,17)15-8-11-4-3-5-18-11/h6-7,11,15H,3-5,8,14H2,1-2H3. The van der Waals surface area contributed by atoms with Crippen molar-refractivity contribution >= 4 is 27.5 Å². The largest absolute Gasteiger partial charge is 0.398 e. The third kappa shape index (κ3) is 3.43. The van der Waals surface area contributed by atoms with Gasteiger partial charge in [-0.1, -0.05) is 0 Å². The van der Waals surface area contributed by atoms with Crippen LogP contribution in [-0.4, -0.2) is 26.0 Å². The van der Waals surface area contributed by atoms with Crippen LogP contribution in [0.15, 0.2) is 17.0 Å². The quantitative estimate of drug-likeness (QED) is 0.835. The van der Waals surface area contributed by atoms with Crippen LogP contribution in [0.2, 0.25) is 0 Å². The van der Waals surface area contributed by atoms with E-state index in [4.69, 9.17) is 5.73 Å². The number of thioether (sulfide) groups is 1. The van der Waals surface area contributed by atoms with Gasteiger partial charge in [-0.2, -0.15) is 11.8 Å². The second-order valence-corrected chi connectivity index (χ2v) is 8.10. The van der Waals surface area contributed by atoms with Gasteiger partial charge in [-0.3, -0.25) is 0 Å². The van der Waals surface area contributed by atoms with Gasteiger partial charge in [0.1, 0.15) is 4.90 Å². The smallest absolute Gasteiger partial charge is 0.242 e. The van der Waals surface area contributed by atoms with Crippen molar-refractivity contribution in [2.45, 2.75) is 36.8 Å². The van der Waals surface area contributed by atoms with Gasteiger partial charge in [0.05, 0.1) is 5.69 Å². The number of anilines is 1. The zero-order valence-corrected chi connectivity index (χ0v) is 12.9. The van der Waals surface area contributed by atoms with E-state index in [1.807, 2.05) is 25.6 Å². The van der Waals surface area contributed by atoms with Crippen molar-refractivity contribution in [2.24, 2.45) is 0 Å². The molecule has 0 radical (unpaired) electrons. The molecule has 6 heteroatoms. The summed E-state index contributed by atoms with van der Waals surface area (Å²) in [7, 11) is -3.51.